The summed E-state index contributed by atoms with van der Waals surface area (Å²) in [6.07, 6.45) is 0.351. The third-order valence-electron chi connectivity index (χ3n) is 2.18. The Morgan fingerprint density at radius 2 is 2.29 bits per heavy atom. The number of rotatable bonds is 4. The van der Waals surface area contributed by atoms with Gasteiger partial charge in [-0.3, -0.25) is 9.59 Å². The van der Waals surface area contributed by atoms with Gasteiger partial charge in [-0.05, 0) is 18.6 Å². The number of nitrogens with zero attached hydrogens (tertiary/aromatic N) is 1. The molecule has 0 bridgehead atoms. The fourth-order valence-electron chi connectivity index (χ4n) is 1.42. The highest BCUT2D eigenvalue weighted by atomic mass is 16.5. The lowest BCUT2D eigenvalue weighted by molar-refractivity contribution is -0.142. The van der Waals surface area contributed by atoms with Gasteiger partial charge in [0.1, 0.15) is 17.4 Å². The molecule has 0 aromatic heterocycles. The van der Waals surface area contributed by atoms with E-state index in [0.29, 0.717) is 11.8 Å². The Morgan fingerprint density at radius 1 is 1.59 bits per heavy atom. The van der Waals surface area contributed by atoms with Gasteiger partial charge in [0.25, 0.3) is 0 Å². The van der Waals surface area contributed by atoms with Gasteiger partial charge in [0.05, 0.1) is 13.0 Å². The molecule has 0 atom stereocenters. The van der Waals surface area contributed by atoms with Gasteiger partial charge in [0.15, 0.2) is 6.29 Å². The zero-order valence-corrected chi connectivity index (χ0v) is 9.27. The molecular weight excluding hydrogens is 222 g/mol. The SMILES string of the molecule is CCOC(=O)Cc1ccc(O)c(C#N)c1C=O. The number of hydrogen-bond acceptors (Lipinski definition) is 5. The number of phenolic OH excluding ortho intramolecular Hbond substituents is 1. The van der Waals surface area contributed by atoms with Crippen molar-refractivity contribution in [3.8, 4) is 11.8 Å². The summed E-state index contributed by atoms with van der Waals surface area (Å²) >= 11 is 0. The van der Waals surface area contributed by atoms with Crippen LogP contribution in [0.15, 0.2) is 12.1 Å². The lowest BCUT2D eigenvalue weighted by atomic mass is 9.99. The first-order chi connectivity index (χ1) is 8.13. The first-order valence-electron chi connectivity index (χ1n) is 4.99. The van der Waals surface area contributed by atoms with E-state index < -0.39 is 5.97 Å². The Morgan fingerprint density at radius 3 is 2.82 bits per heavy atom. The van der Waals surface area contributed by atoms with Crippen molar-refractivity contribution in [1.82, 2.24) is 0 Å². The van der Waals surface area contributed by atoms with Crippen LogP contribution in [0.3, 0.4) is 0 Å². The molecule has 5 nitrogen and oxygen atoms in total. The Bertz CT molecular complexity index is 488. The normalized spacial score (nSPS) is 9.41. The van der Waals surface area contributed by atoms with Gasteiger partial charge in [-0.2, -0.15) is 5.26 Å². The average Bonchev–Trinajstić information content (AvgIpc) is 2.31. The van der Waals surface area contributed by atoms with Gasteiger partial charge in [-0.25, -0.2) is 0 Å². The van der Waals surface area contributed by atoms with Gasteiger partial charge in [-0.15, -0.1) is 0 Å². The molecule has 0 aliphatic heterocycles. The van der Waals surface area contributed by atoms with Crippen LogP contribution < -0.4 is 0 Å². The summed E-state index contributed by atoms with van der Waals surface area (Å²) in [4.78, 5) is 22.2. The molecule has 5 heteroatoms. The number of carbonyl (C=O) groups excluding carboxylic acids is 2. The summed E-state index contributed by atoms with van der Waals surface area (Å²) in [6, 6.07) is 4.43. The summed E-state index contributed by atoms with van der Waals surface area (Å²) < 4.78 is 4.75. The fourth-order valence-corrected chi connectivity index (χ4v) is 1.42. The van der Waals surface area contributed by atoms with Gasteiger partial charge in [0, 0.05) is 5.56 Å². The van der Waals surface area contributed by atoms with Crippen LogP contribution in [-0.2, 0) is 16.0 Å². The molecule has 0 aliphatic rings. The van der Waals surface area contributed by atoms with Gasteiger partial charge in [0.2, 0.25) is 0 Å². The molecule has 0 fully saturated rings. The van der Waals surface area contributed by atoms with Crippen molar-refractivity contribution in [3.05, 3.63) is 28.8 Å². The van der Waals surface area contributed by atoms with Crippen LogP contribution in [0.5, 0.6) is 5.75 Å². The first kappa shape index (κ1) is 12.7. The van der Waals surface area contributed by atoms with Gasteiger partial charge >= 0.3 is 5.97 Å². The van der Waals surface area contributed by atoms with E-state index in [1.807, 2.05) is 0 Å². The monoisotopic (exact) mass is 233 g/mol. The molecule has 17 heavy (non-hydrogen) atoms. The third kappa shape index (κ3) is 2.82. The summed E-state index contributed by atoms with van der Waals surface area (Å²) in [7, 11) is 0. The molecule has 0 heterocycles. The Hall–Kier alpha value is -2.35. The third-order valence-corrected chi connectivity index (χ3v) is 2.18. The van der Waals surface area contributed by atoms with Crippen LogP contribution in [-0.4, -0.2) is 24.0 Å². The van der Waals surface area contributed by atoms with Crippen molar-refractivity contribution in [2.75, 3.05) is 6.61 Å². The van der Waals surface area contributed by atoms with Crippen molar-refractivity contribution < 1.29 is 19.4 Å². The molecule has 88 valence electrons. The van der Waals surface area contributed by atoms with E-state index in [0.717, 1.165) is 0 Å². The second-order valence-electron chi connectivity index (χ2n) is 3.24. The maximum absolute atomic E-state index is 11.3. The van der Waals surface area contributed by atoms with E-state index in [-0.39, 0.29) is 29.9 Å². The minimum absolute atomic E-state index is 0.0283. The van der Waals surface area contributed by atoms with Crippen molar-refractivity contribution >= 4 is 12.3 Å². The minimum Gasteiger partial charge on any atom is -0.507 e. The predicted octanol–water partition coefficient (Wildman–Crippen LogP) is 1.18. The van der Waals surface area contributed by atoms with Crippen LogP contribution >= 0.6 is 0 Å². The number of esters is 1. The largest absolute Gasteiger partial charge is 0.507 e. The molecule has 0 aliphatic carbocycles. The van der Waals surface area contributed by atoms with Crippen molar-refractivity contribution in [2.45, 2.75) is 13.3 Å². The summed E-state index contributed by atoms with van der Waals surface area (Å²) in [6.45, 7) is 1.93. The van der Waals surface area contributed by atoms with E-state index >= 15 is 0 Å². The lowest BCUT2D eigenvalue weighted by Gasteiger charge is -2.07. The maximum atomic E-state index is 11.3. The van der Waals surface area contributed by atoms with Crippen molar-refractivity contribution in [3.63, 3.8) is 0 Å². The molecule has 0 radical (unpaired) electrons. The molecule has 1 aromatic rings. The Kier molecular flexibility index (Phi) is 4.23. The Labute approximate surface area is 98.2 Å². The second-order valence-corrected chi connectivity index (χ2v) is 3.24. The number of ether oxygens (including phenoxy) is 1. The summed E-state index contributed by atoms with van der Waals surface area (Å²) in [5.41, 5.74) is 0.273. The summed E-state index contributed by atoms with van der Waals surface area (Å²) in [5, 5.41) is 18.2. The number of aldehydes is 1. The van der Waals surface area contributed by atoms with Gasteiger partial charge < -0.3 is 9.84 Å². The highest BCUT2D eigenvalue weighted by molar-refractivity contribution is 5.86. The first-order valence-corrected chi connectivity index (χ1v) is 4.99. The number of aromatic hydroxyl groups is 1. The van der Waals surface area contributed by atoms with Crippen LogP contribution in [0.25, 0.3) is 0 Å². The minimum atomic E-state index is -0.481. The number of benzene rings is 1. The zero-order valence-electron chi connectivity index (χ0n) is 9.27. The molecule has 0 spiro atoms. The van der Waals surface area contributed by atoms with E-state index in [1.54, 1.807) is 13.0 Å². The van der Waals surface area contributed by atoms with Gasteiger partial charge in [-0.1, -0.05) is 6.07 Å². The van der Waals surface area contributed by atoms with E-state index in [2.05, 4.69) is 0 Å². The van der Waals surface area contributed by atoms with Crippen molar-refractivity contribution in [2.24, 2.45) is 0 Å². The Balaban J connectivity index is 3.13. The fraction of sp³-hybridized carbons (Fsp3) is 0.250. The predicted molar refractivity (Wildman–Crippen MR) is 58.5 cm³/mol. The van der Waals surface area contributed by atoms with E-state index in [1.165, 1.54) is 12.1 Å². The molecule has 0 unspecified atom stereocenters. The molecule has 1 N–H and O–H groups in total. The smallest absolute Gasteiger partial charge is 0.310 e. The molecule has 1 rings (SSSR count). The summed E-state index contributed by atoms with van der Waals surface area (Å²) in [5.74, 6) is -0.757. The highest BCUT2D eigenvalue weighted by Crippen LogP contribution is 2.23. The maximum Gasteiger partial charge on any atom is 0.310 e. The van der Waals surface area contributed by atoms with Crippen LogP contribution in [0.2, 0.25) is 0 Å². The number of carbonyl (C=O) groups is 2. The topological polar surface area (TPSA) is 87.4 Å². The van der Waals surface area contributed by atoms with Crippen LogP contribution in [0.4, 0.5) is 0 Å². The zero-order chi connectivity index (χ0) is 12.8. The van der Waals surface area contributed by atoms with Crippen LogP contribution in [0.1, 0.15) is 28.4 Å². The molecule has 0 saturated carbocycles. The standard InChI is InChI=1S/C12H11NO4/c1-2-17-12(16)5-8-3-4-11(15)9(6-13)10(8)7-14/h3-4,7,15H,2,5H2,1H3. The number of nitriles is 1. The number of phenols is 1. The van der Waals surface area contributed by atoms with Crippen LogP contribution in [0, 0.1) is 11.3 Å². The highest BCUT2D eigenvalue weighted by Gasteiger charge is 2.15. The average molecular weight is 233 g/mol. The molecular formula is C12H11NO4. The molecule has 1 aromatic carbocycles. The molecule has 0 saturated heterocycles. The molecule has 0 amide bonds. The van der Waals surface area contributed by atoms with E-state index in [9.17, 15) is 14.7 Å². The van der Waals surface area contributed by atoms with E-state index in [4.69, 9.17) is 10.00 Å². The number of hydrogen-bond donors (Lipinski definition) is 1. The second kappa shape index (κ2) is 5.66. The lowest BCUT2D eigenvalue weighted by Crippen LogP contribution is -2.10. The quantitative estimate of drug-likeness (QED) is 0.623. The van der Waals surface area contributed by atoms with Crippen molar-refractivity contribution in [1.29, 1.82) is 5.26 Å².